The molecule has 0 aliphatic rings. The zero-order valence-electron chi connectivity index (χ0n) is 35.6. The van der Waals surface area contributed by atoms with Crippen molar-refractivity contribution in [3.63, 3.8) is 0 Å². The molecule has 9 aromatic rings. The summed E-state index contributed by atoms with van der Waals surface area (Å²) >= 11 is 0. The Morgan fingerprint density at radius 2 is 1.11 bits per heavy atom. The number of hydrogen-bond donors (Lipinski definition) is 0. The lowest BCUT2D eigenvalue weighted by atomic mass is 9.85. The normalized spacial score (nSPS) is 15.3. The molecule has 0 bridgehead atoms. The molecule has 9 rings (SSSR count). The molecule has 0 spiro atoms. The molecule has 0 saturated heterocycles. The molecular formula is C43H28N2. The predicted molar refractivity (Wildman–Crippen MR) is 190 cm³/mol. The maximum absolute atomic E-state index is 9.40. The van der Waals surface area contributed by atoms with E-state index in [1.165, 1.54) is 0 Å². The topological polar surface area (TPSA) is 17.8 Å². The number of nitrogens with zero attached hydrogens (tertiary/aromatic N) is 2. The monoisotopic (exact) mass is 584 g/mol. The van der Waals surface area contributed by atoms with Crippen molar-refractivity contribution in [3.8, 4) is 39.3 Å². The molecule has 0 fully saturated rings. The van der Waals surface area contributed by atoms with E-state index in [1.807, 2.05) is 91.0 Å². The second kappa shape index (κ2) is 10.3. The molecule has 45 heavy (non-hydrogen) atoms. The first kappa shape index (κ1) is 16.2. The summed E-state index contributed by atoms with van der Waals surface area (Å²) in [7, 11) is 0. The first-order valence-corrected chi connectivity index (χ1v) is 14.4. The van der Waals surface area contributed by atoms with E-state index in [0.29, 0.717) is 33.1 Å². The van der Waals surface area contributed by atoms with Gasteiger partial charge in [-0.05, 0) is 84.9 Å². The fourth-order valence-electron chi connectivity index (χ4n) is 6.23. The van der Waals surface area contributed by atoms with Crippen LogP contribution in [0.5, 0.6) is 0 Å². The number of fused-ring (bicyclic) bond motifs is 4. The van der Waals surface area contributed by atoms with Gasteiger partial charge in [0.15, 0.2) is 0 Å². The Morgan fingerprint density at radius 3 is 1.84 bits per heavy atom. The Bertz CT molecular complexity index is 3140. The Balaban J connectivity index is 1.35. The lowest BCUT2D eigenvalue weighted by molar-refractivity contribution is 1.10. The molecular weight excluding hydrogens is 544 g/mol. The quantitative estimate of drug-likeness (QED) is 0.188. The fraction of sp³-hybridized carbons (Fsp3) is 0. The van der Waals surface area contributed by atoms with E-state index in [-0.39, 0.29) is 51.9 Å². The van der Waals surface area contributed by atoms with Gasteiger partial charge in [0.1, 0.15) is 5.82 Å². The number of benzene rings is 8. The molecule has 0 unspecified atom stereocenters. The van der Waals surface area contributed by atoms with Crippen molar-refractivity contribution in [2.75, 3.05) is 0 Å². The fourth-order valence-corrected chi connectivity index (χ4v) is 6.23. The molecule has 210 valence electrons. The zero-order valence-corrected chi connectivity index (χ0v) is 23.6. The summed E-state index contributed by atoms with van der Waals surface area (Å²) in [6.07, 6.45) is 0. The molecule has 2 nitrogen and oxygen atoms in total. The predicted octanol–water partition coefficient (Wildman–Crippen LogP) is 11.5. The van der Waals surface area contributed by atoms with Crippen LogP contribution >= 0.6 is 0 Å². The number of hydrogen-bond acceptors (Lipinski definition) is 1. The van der Waals surface area contributed by atoms with E-state index in [2.05, 4.69) is 0 Å². The van der Waals surface area contributed by atoms with Gasteiger partial charge in [-0.3, -0.25) is 4.57 Å². The first-order valence-electron chi connectivity index (χ1n) is 20.4. The maximum atomic E-state index is 9.40. The highest BCUT2D eigenvalue weighted by Crippen LogP contribution is 2.44. The van der Waals surface area contributed by atoms with Crippen LogP contribution < -0.4 is 0 Å². The number of rotatable bonds is 4. The Morgan fingerprint density at radius 1 is 0.489 bits per heavy atom. The highest BCUT2D eigenvalue weighted by molar-refractivity contribution is 6.21. The van der Waals surface area contributed by atoms with Gasteiger partial charge in [0.2, 0.25) is 0 Å². The third-order valence-electron chi connectivity index (χ3n) is 8.11. The Hall–Kier alpha value is -5.99. The standard InChI is InChI=1S/C43H28N2/c1-2-14-30(15-3-1)43-44-39-23-10-11-24-40(39)45(43)34-18-12-17-32(28-34)41-35-19-6-8-21-37(35)42(38-22-9-7-20-36(38)41)33-26-25-29-13-4-5-16-31(29)27-33/h1-28H/i1D,2D,3D,4D,5D,13D,14D,15D,16D,25D,26D,27D. The highest BCUT2D eigenvalue weighted by atomic mass is 15.1. The van der Waals surface area contributed by atoms with Crippen molar-refractivity contribution in [1.82, 2.24) is 9.55 Å². The third-order valence-corrected chi connectivity index (χ3v) is 8.11. The van der Waals surface area contributed by atoms with Crippen LogP contribution in [0, 0.1) is 0 Å². The third kappa shape index (κ3) is 4.15. The van der Waals surface area contributed by atoms with Gasteiger partial charge >= 0.3 is 0 Å². The van der Waals surface area contributed by atoms with Crippen LogP contribution in [0.3, 0.4) is 0 Å². The van der Waals surface area contributed by atoms with Gasteiger partial charge in [-0.15, -0.1) is 0 Å². The maximum Gasteiger partial charge on any atom is 0.145 e. The van der Waals surface area contributed by atoms with E-state index in [1.54, 1.807) is 10.6 Å². The molecule has 0 N–H and O–H groups in total. The van der Waals surface area contributed by atoms with E-state index >= 15 is 0 Å². The summed E-state index contributed by atoms with van der Waals surface area (Å²) in [4.78, 5) is 4.80. The smallest absolute Gasteiger partial charge is 0.145 e. The van der Waals surface area contributed by atoms with Gasteiger partial charge in [-0.1, -0.05) is 139 Å². The van der Waals surface area contributed by atoms with Crippen LogP contribution in [0.2, 0.25) is 0 Å². The van der Waals surface area contributed by atoms with Crippen LogP contribution in [0.1, 0.15) is 16.4 Å². The number of aromatic nitrogens is 2. The summed E-state index contributed by atoms with van der Waals surface area (Å²) in [6.45, 7) is 0. The molecule has 0 aliphatic heterocycles. The van der Waals surface area contributed by atoms with Crippen molar-refractivity contribution >= 4 is 43.4 Å². The van der Waals surface area contributed by atoms with Crippen LogP contribution in [0.15, 0.2) is 170 Å². The minimum absolute atomic E-state index is 0.0331. The molecule has 0 aliphatic carbocycles. The lowest BCUT2D eigenvalue weighted by Gasteiger charge is -2.19. The Labute approximate surface area is 278 Å². The van der Waals surface area contributed by atoms with Crippen molar-refractivity contribution in [2.24, 2.45) is 0 Å². The van der Waals surface area contributed by atoms with E-state index in [4.69, 9.17) is 18.7 Å². The molecule has 1 heterocycles. The SMILES string of the molecule is [2H]c1c([2H])c([2H])c(-c2nc3ccccc3n2-c2cccc(-c3c4ccccc4c(-c4c([2H])c([2H])c5c([2H])c([2H])c([2H])c([2H])c5c4[2H])c4ccccc34)c2)c([2H])c1[2H]. The van der Waals surface area contributed by atoms with Gasteiger partial charge in [0.25, 0.3) is 0 Å². The summed E-state index contributed by atoms with van der Waals surface area (Å²) in [5, 5.41) is 2.54. The summed E-state index contributed by atoms with van der Waals surface area (Å²) in [6, 6.07) is 24.9. The molecule has 0 radical (unpaired) electrons. The average Bonchev–Trinajstić information content (AvgIpc) is 3.60. The summed E-state index contributed by atoms with van der Waals surface area (Å²) < 4.78 is 106. The van der Waals surface area contributed by atoms with Gasteiger partial charge in [-0.25, -0.2) is 4.98 Å². The van der Waals surface area contributed by atoms with Crippen molar-refractivity contribution < 1.29 is 16.4 Å². The second-order valence-corrected chi connectivity index (χ2v) is 10.7. The van der Waals surface area contributed by atoms with E-state index in [9.17, 15) is 2.74 Å². The van der Waals surface area contributed by atoms with Gasteiger partial charge in [-0.2, -0.15) is 0 Å². The second-order valence-electron chi connectivity index (χ2n) is 10.7. The van der Waals surface area contributed by atoms with Gasteiger partial charge < -0.3 is 0 Å². The van der Waals surface area contributed by atoms with E-state index < -0.39 is 48.3 Å². The molecule has 1 aromatic heterocycles. The van der Waals surface area contributed by atoms with E-state index in [0.717, 1.165) is 21.9 Å². The lowest BCUT2D eigenvalue weighted by Crippen LogP contribution is -1.98. The minimum atomic E-state index is -0.529. The van der Waals surface area contributed by atoms with Crippen molar-refractivity contribution in [2.45, 2.75) is 0 Å². The van der Waals surface area contributed by atoms with Gasteiger partial charge in [0, 0.05) is 11.3 Å². The summed E-state index contributed by atoms with van der Waals surface area (Å²) in [5.74, 6) is 0.182. The molecule has 8 aromatic carbocycles. The Kier molecular flexibility index (Phi) is 3.71. The first-order chi connectivity index (χ1) is 27.3. The van der Waals surface area contributed by atoms with Crippen molar-refractivity contribution in [1.29, 1.82) is 0 Å². The van der Waals surface area contributed by atoms with Gasteiger partial charge in [0.05, 0.1) is 27.5 Å². The molecule has 0 atom stereocenters. The molecule has 2 heteroatoms. The number of para-hydroxylation sites is 2. The van der Waals surface area contributed by atoms with Crippen LogP contribution in [0.25, 0.3) is 82.7 Å². The average molecular weight is 585 g/mol. The largest absolute Gasteiger partial charge is 0.292 e. The van der Waals surface area contributed by atoms with Crippen LogP contribution in [0.4, 0.5) is 0 Å². The van der Waals surface area contributed by atoms with Crippen molar-refractivity contribution in [3.05, 3.63) is 170 Å². The zero-order chi connectivity index (χ0) is 40.2. The summed E-state index contributed by atoms with van der Waals surface area (Å²) in [5.41, 5.74) is 3.96. The highest BCUT2D eigenvalue weighted by Gasteiger charge is 2.19. The van der Waals surface area contributed by atoms with Crippen LogP contribution in [-0.2, 0) is 0 Å². The van der Waals surface area contributed by atoms with Crippen LogP contribution in [-0.4, -0.2) is 9.55 Å². The molecule has 0 saturated carbocycles. The molecule has 0 amide bonds. The number of imidazole rings is 1. The minimum Gasteiger partial charge on any atom is -0.292 e.